The van der Waals surface area contributed by atoms with Gasteiger partial charge >= 0.3 is 5.97 Å². The Morgan fingerprint density at radius 1 is 0.867 bits per heavy atom. The third-order valence-corrected chi connectivity index (χ3v) is 2.45. The van der Waals surface area contributed by atoms with E-state index in [9.17, 15) is 4.79 Å². The molecular weight excluding hydrogens is 188 g/mol. The molecule has 0 aliphatic heterocycles. The van der Waals surface area contributed by atoms with Gasteiger partial charge in [0.1, 0.15) is 0 Å². The van der Waals surface area contributed by atoms with E-state index in [2.05, 4.69) is 6.92 Å². The number of carbonyl (C=O) groups excluding carboxylic acids is 1. The van der Waals surface area contributed by atoms with Crippen LogP contribution in [0.5, 0.6) is 0 Å². The van der Waals surface area contributed by atoms with Crippen molar-refractivity contribution in [2.75, 3.05) is 6.61 Å². The average molecular weight is 214 g/mol. The summed E-state index contributed by atoms with van der Waals surface area (Å²) in [5, 5.41) is 0. The van der Waals surface area contributed by atoms with E-state index in [1.807, 2.05) is 6.92 Å². The SMILES string of the molecule is CCCCCCCCCC(=O)OCCC. The Bertz CT molecular complexity index is 143. The molecule has 0 spiro atoms. The van der Waals surface area contributed by atoms with E-state index < -0.39 is 0 Å². The Kier molecular flexibility index (Phi) is 11.1. The molecule has 0 N–H and O–H groups in total. The highest BCUT2D eigenvalue weighted by Crippen LogP contribution is 2.08. The molecule has 0 unspecified atom stereocenters. The third kappa shape index (κ3) is 11.4. The van der Waals surface area contributed by atoms with Crippen molar-refractivity contribution < 1.29 is 9.53 Å². The topological polar surface area (TPSA) is 26.3 Å². The predicted octanol–water partition coefficient (Wildman–Crippen LogP) is 4.08. The molecule has 0 aromatic carbocycles. The molecule has 0 bridgehead atoms. The van der Waals surface area contributed by atoms with Crippen LogP contribution < -0.4 is 0 Å². The van der Waals surface area contributed by atoms with E-state index in [0.29, 0.717) is 13.0 Å². The van der Waals surface area contributed by atoms with E-state index >= 15 is 0 Å². The van der Waals surface area contributed by atoms with Crippen molar-refractivity contribution in [3.8, 4) is 0 Å². The molecule has 0 aromatic heterocycles. The number of hydrogen-bond donors (Lipinski definition) is 0. The van der Waals surface area contributed by atoms with Crippen LogP contribution in [0.2, 0.25) is 0 Å². The van der Waals surface area contributed by atoms with E-state index in [1.54, 1.807) is 0 Å². The highest BCUT2D eigenvalue weighted by molar-refractivity contribution is 5.69. The van der Waals surface area contributed by atoms with Crippen LogP contribution in [0, 0.1) is 0 Å². The second-order valence-electron chi connectivity index (χ2n) is 4.09. The maximum atomic E-state index is 11.1. The molecule has 0 saturated carbocycles. The van der Waals surface area contributed by atoms with Gasteiger partial charge in [0, 0.05) is 6.42 Å². The molecule has 0 saturated heterocycles. The maximum absolute atomic E-state index is 11.1. The molecule has 2 nitrogen and oxygen atoms in total. The fourth-order valence-electron chi connectivity index (χ4n) is 1.51. The summed E-state index contributed by atoms with van der Waals surface area (Å²) in [6.07, 6.45) is 10.3. The van der Waals surface area contributed by atoms with Crippen molar-refractivity contribution in [1.82, 2.24) is 0 Å². The van der Waals surface area contributed by atoms with Gasteiger partial charge in [-0.05, 0) is 12.8 Å². The first-order valence-electron chi connectivity index (χ1n) is 6.46. The van der Waals surface area contributed by atoms with Crippen LogP contribution in [0.3, 0.4) is 0 Å². The van der Waals surface area contributed by atoms with Crippen molar-refractivity contribution in [3.05, 3.63) is 0 Å². The van der Waals surface area contributed by atoms with Crippen LogP contribution in [0.15, 0.2) is 0 Å². The minimum absolute atomic E-state index is 0.0228. The van der Waals surface area contributed by atoms with Crippen molar-refractivity contribution in [1.29, 1.82) is 0 Å². The van der Waals surface area contributed by atoms with Crippen LogP contribution >= 0.6 is 0 Å². The lowest BCUT2D eigenvalue weighted by atomic mass is 10.1. The van der Waals surface area contributed by atoms with Gasteiger partial charge in [0.15, 0.2) is 0 Å². The zero-order valence-corrected chi connectivity index (χ0v) is 10.4. The van der Waals surface area contributed by atoms with Crippen molar-refractivity contribution in [2.45, 2.75) is 71.6 Å². The van der Waals surface area contributed by atoms with Crippen LogP contribution in [0.25, 0.3) is 0 Å². The van der Waals surface area contributed by atoms with Gasteiger partial charge in [0.2, 0.25) is 0 Å². The van der Waals surface area contributed by atoms with Gasteiger partial charge in [-0.15, -0.1) is 0 Å². The molecule has 0 atom stereocenters. The van der Waals surface area contributed by atoms with Gasteiger partial charge in [-0.25, -0.2) is 0 Å². The number of ether oxygens (including phenoxy) is 1. The van der Waals surface area contributed by atoms with E-state index in [1.165, 1.54) is 38.5 Å². The maximum Gasteiger partial charge on any atom is 0.305 e. The van der Waals surface area contributed by atoms with Gasteiger partial charge in [-0.3, -0.25) is 4.79 Å². The van der Waals surface area contributed by atoms with Crippen LogP contribution in [0.4, 0.5) is 0 Å². The molecule has 0 radical (unpaired) electrons. The predicted molar refractivity (Wildman–Crippen MR) is 63.9 cm³/mol. The summed E-state index contributed by atoms with van der Waals surface area (Å²) in [7, 11) is 0. The van der Waals surface area contributed by atoms with Crippen LogP contribution in [-0.2, 0) is 9.53 Å². The quantitative estimate of drug-likeness (QED) is 0.404. The summed E-state index contributed by atoms with van der Waals surface area (Å²) in [5.41, 5.74) is 0. The van der Waals surface area contributed by atoms with Crippen LogP contribution in [-0.4, -0.2) is 12.6 Å². The van der Waals surface area contributed by atoms with E-state index in [0.717, 1.165) is 12.8 Å². The number of carbonyl (C=O) groups is 1. The zero-order chi connectivity index (χ0) is 11.4. The fraction of sp³-hybridized carbons (Fsp3) is 0.923. The fourth-order valence-corrected chi connectivity index (χ4v) is 1.51. The van der Waals surface area contributed by atoms with Crippen LogP contribution in [0.1, 0.15) is 71.6 Å². The Balaban J connectivity index is 3.06. The molecule has 2 heteroatoms. The summed E-state index contributed by atoms with van der Waals surface area (Å²) in [6, 6.07) is 0. The van der Waals surface area contributed by atoms with Gasteiger partial charge in [0.05, 0.1) is 6.61 Å². The minimum Gasteiger partial charge on any atom is -0.466 e. The summed E-state index contributed by atoms with van der Waals surface area (Å²) in [6.45, 7) is 4.82. The highest BCUT2D eigenvalue weighted by atomic mass is 16.5. The van der Waals surface area contributed by atoms with Crippen molar-refractivity contribution in [3.63, 3.8) is 0 Å². The first-order valence-corrected chi connectivity index (χ1v) is 6.46. The monoisotopic (exact) mass is 214 g/mol. The molecule has 0 aromatic rings. The largest absolute Gasteiger partial charge is 0.466 e. The second-order valence-corrected chi connectivity index (χ2v) is 4.09. The normalized spacial score (nSPS) is 10.3. The molecule has 15 heavy (non-hydrogen) atoms. The number of unbranched alkanes of at least 4 members (excludes halogenated alkanes) is 6. The first kappa shape index (κ1) is 14.5. The van der Waals surface area contributed by atoms with E-state index in [-0.39, 0.29) is 5.97 Å². The third-order valence-electron chi connectivity index (χ3n) is 2.45. The van der Waals surface area contributed by atoms with Crippen molar-refractivity contribution >= 4 is 5.97 Å². The Morgan fingerprint density at radius 3 is 2.07 bits per heavy atom. The number of rotatable bonds is 10. The molecule has 0 fully saturated rings. The number of hydrogen-bond acceptors (Lipinski definition) is 2. The lowest BCUT2D eigenvalue weighted by Crippen LogP contribution is -2.04. The molecule has 0 aliphatic rings. The standard InChI is InChI=1S/C13H26O2/c1-3-5-6-7-8-9-10-11-13(14)15-12-4-2/h3-12H2,1-2H3. The summed E-state index contributed by atoms with van der Waals surface area (Å²) in [5.74, 6) is -0.0228. The first-order chi connectivity index (χ1) is 7.31. The van der Waals surface area contributed by atoms with Gasteiger partial charge < -0.3 is 4.74 Å². The number of esters is 1. The Hall–Kier alpha value is -0.530. The molecular formula is C13H26O2. The van der Waals surface area contributed by atoms with Crippen molar-refractivity contribution in [2.24, 2.45) is 0 Å². The summed E-state index contributed by atoms with van der Waals surface area (Å²) in [4.78, 5) is 11.1. The molecule has 90 valence electrons. The van der Waals surface area contributed by atoms with Gasteiger partial charge in [-0.1, -0.05) is 52.4 Å². The zero-order valence-electron chi connectivity index (χ0n) is 10.4. The summed E-state index contributed by atoms with van der Waals surface area (Å²) >= 11 is 0. The molecule has 0 heterocycles. The second kappa shape index (κ2) is 11.5. The average Bonchev–Trinajstić information content (AvgIpc) is 2.25. The molecule has 0 aliphatic carbocycles. The summed E-state index contributed by atoms with van der Waals surface area (Å²) < 4.78 is 5.00. The van der Waals surface area contributed by atoms with Gasteiger partial charge in [0.25, 0.3) is 0 Å². The molecule has 0 rings (SSSR count). The smallest absolute Gasteiger partial charge is 0.305 e. The lowest BCUT2D eigenvalue weighted by Gasteiger charge is -2.03. The lowest BCUT2D eigenvalue weighted by molar-refractivity contribution is -0.143. The van der Waals surface area contributed by atoms with E-state index in [4.69, 9.17) is 4.74 Å². The Morgan fingerprint density at radius 2 is 1.47 bits per heavy atom. The van der Waals surface area contributed by atoms with Gasteiger partial charge in [-0.2, -0.15) is 0 Å². The molecule has 0 amide bonds. The minimum atomic E-state index is -0.0228. The Labute approximate surface area is 94.4 Å². The highest BCUT2D eigenvalue weighted by Gasteiger charge is 2.00.